The molecule has 11 nitrogen and oxygen atoms in total. The van der Waals surface area contributed by atoms with E-state index in [9.17, 15) is 9.90 Å². The van der Waals surface area contributed by atoms with E-state index in [0.717, 1.165) is 62.5 Å². The summed E-state index contributed by atoms with van der Waals surface area (Å²) in [7, 11) is 1.84. The number of fused-ring (bicyclic) bond motifs is 6. The van der Waals surface area contributed by atoms with Crippen LogP contribution in [0.3, 0.4) is 0 Å². The minimum Gasteiger partial charge on any atom is -0.392 e. The van der Waals surface area contributed by atoms with Crippen LogP contribution in [0.5, 0.6) is 0 Å². The second kappa shape index (κ2) is 14.1. The molecule has 10 rings (SSSR count). The molecule has 0 aromatic rings. The highest BCUT2D eigenvalue weighted by atomic mass is 16.8. The van der Waals surface area contributed by atoms with Crippen molar-refractivity contribution in [1.29, 1.82) is 0 Å². The van der Waals surface area contributed by atoms with Gasteiger partial charge in [-0.25, -0.2) is 0 Å². The molecule has 0 aromatic carbocycles. The molecule has 284 valence electrons. The largest absolute Gasteiger partial charge is 0.392 e. The fourth-order valence-corrected chi connectivity index (χ4v) is 11.2. The van der Waals surface area contributed by atoms with Gasteiger partial charge in [0.2, 0.25) is 0 Å². The third-order valence-electron chi connectivity index (χ3n) is 13.8. The molecule has 10 fully saturated rings. The van der Waals surface area contributed by atoms with Gasteiger partial charge in [0.05, 0.1) is 61.0 Å². The van der Waals surface area contributed by atoms with Crippen LogP contribution in [-0.4, -0.2) is 122 Å². The van der Waals surface area contributed by atoms with Gasteiger partial charge in [-0.15, -0.1) is 0 Å². The Kier molecular flexibility index (Phi) is 9.81. The first-order chi connectivity index (χ1) is 24.6. The van der Waals surface area contributed by atoms with Crippen LogP contribution in [0.15, 0.2) is 24.3 Å². The Morgan fingerprint density at radius 1 is 0.765 bits per heavy atom. The van der Waals surface area contributed by atoms with Crippen molar-refractivity contribution in [3.63, 3.8) is 0 Å². The van der Waals surface area contributed by atoms with Crippen molar-refractivity contribution in [1.82, 2.24) is 5.32 Å². The van der Waals surface area contributed by atoms with Gasteiger partial charge in [0, 0.05) is 45.1 Å². The number of aliphatic hydroxyl groups excluding tert-OH is 1. The molecule has 0 radical (unpaired) electrons. The fraction of sp³-hybridized carbons (Fsp3) is 0.875. The molecule has 10 aliphatic heterocycles. The second-order valence-corrected chi connectivity index (χ2v) is 17.5. The highest BCUT2D eigenvalue weighted by Gasteiger charge is 2.68. The van der Waals surface area contributed by atoms with Gasteiger partial charge in [0.1, 0.15) is 36.3 Å². The van der Waals surface area contributed by atoms with Crippen LogP contribution in [0.1, 0.15) is 96.8 Å². The molecule has 0 saturated carbocycles. The van der Waals surface area contributed by atoms with Gasteiger partial charge in [-0.1, -0.05) is 20.1 Å². The highest BCUT2D eigenvalue weighted by Crippen LogP contribution is 2.54. The first-order valence-electron chi connectivity index (χ1n) is 20.1. The van der Waals surface area contributed by atoms with Gasteiger partial charge in [0.15, 0.2) is 5.79 Å². The molecule has 18 atom stereocenters. The molecule has 10 heterocycles. The molecule has 11 unspecified atom stereocenters. The summed E-state index contributed by atoms with van der Waals surface area (Å²) in [5.41, 5.74) is 2.27. The van der Waals surface area contributed by atoms with Crippen LogP contribution < -0.4 is 5.32 Å². The molecule has 0 aromatic heterocycles. The number of hydrogen-bond donors (Lipinski definition) is 2. The highest BCUT2D eigenvalue weighted by molar-refractivity contribution is 5.79. The average molecular weight is 714 g/mol. The molecule has 11 heteroatoms. The van der Waals surface area contributed by atoms with Gasteiger partial charge in [-0.2, -0.15) is 0 Å². The minimum absolute atomic E-state index is 0.00980. The SMILES string of the molecule is C=C1CC2CC[C@@]34C[C@H]5OC6C(O3)C3OC(CC[C@@H]3OC6[C@@H]5O4)CC(=O)CC3C[C@@H](CC(O)CNC)O[C@H]3CC3OC(CCC1O2)C[C@@H](C)C3=C. The van der Waals surface area contributed by atoms with Gasteiger partial charge in [-0.3, -0.25) is 4.79 Å². The third-order valence-corrected chi connectivity index (χ3v) is 13.8. The molecule has 10 saturated heterocycles. The monoisotopic (exact) mass is 713 g/mol. The van der Waals surface area contributed by atoms with Gasteiger partial charge >= 0.3 is 0 Å². The van der Waals surface area contributed by atoms with Crippen LogP contribution in [0, 0.1) is 11.8 Å². The number of ketones is 1. The number of carbonyl (C=O) groups excluding carboxylic acids is 1. The second-order valence-electron chi connectivity index (χ2n) is 17.5. The van der Waals surface area contributed by atoms with E-state index in [1.54, 1.807) is 0 Å². The van der Waals surface area contributed by atoms with Crippen LogP contribution in [0.25, 0.3) is 0 Å². The van der Waals surface area contributed by atoms with E-state index in [-0.39, 0.29) is 97.2 Å². The van der Waals surface area contributed by atoms with Gasteiger partial charge in [-0.05, 0) is 81.4 Å². The van der Waals surface area contributed by atoms with Crippen LogP contribution in [-0.2, 0) is 42.7 Å². The first-order valence-corrected chi connectivity index (χ1v) is 20.1. The summed E-state index contributed by atoms with van der Waals surface area (Å²) in [6, 6.07) is 0. The number of Topliss-reactive ketones (excluding diaryl/α,β-unsaturated/α-hetero) is 1. The lowest BCUT2D eigenvalue weighted by molar-refractivity contribution is -0.292. The van der Waals surface area contributed by atoms with Gasteiger partial charge in [0.25, 0.3) is 0 Å². The Labute approximate surface area is 302 Å². The first kappa shape index (κ1) is 35.5. The van der Waals surface area contributed by atoms with Crippen molar-refractivity contribution < 1.29 is 47.8 Å². The number of rotatable bonds is 4. The van der Waals surface area contributed by atoms with Crippen LogP contribution in [0.4, 0.5) is 0 Å². The molecule has 1 spiro atoms. The third kappa shape index (κ3) is 6.85. The fourth-order valence-electron chi connectivity index (χ4n) is 11.2. The maximum absolute atomic E-state index is 13.9. The minimum atomic E-state index is -0.758. The summed E-state index contributed by atoms with van der Waals surface area (Å²) in [5.74, 6) is -0.203. The van der Waals surface area contributed by atoms with E-state index in [1.165, 1.54) is 0 Å². The number of likely N-dealkylation sites (N-methyl/N-ethyl adjacent to an activating group) is 1. The van der Waals surface area contributed by atoms with Crippen molar-refractivity contribution in [2.24, 2.45) is 11.8 Å². The molecule has 51 heavy (non-hydrogen) atoms. The number of nitrogens with one attached hydrogen (secondary N) is 1. The Morgan fingerprint density at radius 3 is 2.39 bits per heavy atom. The summed E-state index contributed by atoms with van der Waals surface area (Å²) >= 11 is 0. The van der Waals surface area contributed by atoms with E-state index in [0.29, 0.717) is 51.0 Å². The summed E-state index contributed by atoms with van der Waals surface area (Å²) in [6.07, 6.45) is 7.79. The summed E-state index contributed by atoms with van der Waals surface area (Å²) < 4.78 is 53.9. The summed E-state index contributed by atoms with van der Waals surface area (Å²) in [6.45, 7) is 11.7. The van der Waals surface area contributed by atoms with Crippen molar-refractivity contribution in [2.75, 3.05) is 13.6 Å². The predicted octanol–water partition coefficient (Wildman–Crippen LogP) is 4.07. The molecular formula is C40H59NO10. The van der Waals surface area contributed by atoms with E-state index >= 15 is 0 Å². The molecular weight excluding hydrogens is 654 g/mol. The Morgan fingerprint density at radius 2 is 1.53 bits per heavy atom. The average Bonchev–Trinajstić information content (AvgIpc) is 3.78. The van der Waals surface area contributed by atoms with Crippen molar-refractivity contribution in [2.45, 2.75) is 194 Å². The number of ether oxygens (including phenoxy) is 8. The molecule has 2 N–H and O–H groups in total. The smallest absolute Gasteiger partial charge is 0.172 e. The summed E-state index contributed by atoms with van der Waals surface area (Å²) in [5, 5.41) is 13.7. The lowest BCUT2D eigenvalue weighted by atomic mass is 9.82. The lowest BCUT2D eigenvalue weighted by Gasteiger charge is -2.47. The Bertz CT molecular complexity index is 1340. The molecule has 0 amide bonds. The topological polar surface area (TPSA) is 123 Å². The van der Waals surface area contributed by atoms with Crippen LogP contribution in [0.2, 0.25) is 0 Å². The van der Waals surface area contributed by atoms with E-state index in [4.69, 9.17) is 37.9 Å². The van der Waals surface area contributed by atoms with E-state index in [1.807, 2.05) is 7.05 Å². The van der Waals surface area contributed by atoms with Gasteiger partial charge < -0.3 is 48.3 Å². The molecule has 12 bridgehead atoms. The zero-order chi connectivity index (χ0) is 35.0. The standard InChI is InChI=1S/C40H59NO10/c1-20-11-26-5-7-30-21(2)12-28(44-30)9-10-40-18-34-36(50-40)37-38(49-34)39(51-40)35-31(48-37)8-6-27(47-35)15-24(42)13-23-14-29(16-25(43)19-41-4)46-33(23)17-32(45-26)22(20)3/h20,23,25-39,41,43H,2-3,5-19H2,1,4H3/t20-,23?,25?,26?,27?,28?,29+,30?,31+,32?,33+,34-,35?,36-,37?,38?,39?,40+/m1/s1. The Balaban J connectivity index is 0.968. The lowest BCUT2D eigenvalue weighted by Crippen LogP contribution is -2.61. The zero-order valence-corrected chi connectivity index (χ0v) is 30.5. The maximum atomic E-state index is 13.9. The zero-order valence-electron chi connectivity index (χ0n) is 30.5. The molecule has 10 aliphatic rings. The van der Waals surface area contributed by atoms with E-state index < -0.39 is 11.9 Å². The van der Waals surface area contributed by atoms with Crippen molar-refractivity contribution in [3.8, 4) is 0 Å². The normalized spacial score (nSPS) is 51.7. The number of carbonyl (C=O) groups is 1. The summed E-state index contributed by atoms with van der Waals surface area (Å²) in [4.78, 5) is 13.9. The molecule has 0 aliphatic carbocycles. The quantitative estimate of drug-likeness (QED) is 0.410. The Hall–Kier alpha value is -1.25. The van der Waals surface area contributed by atoms with Crippen LogP contribution >= 0.6 is 0 Å². The number of hydrogen-bond acceptors (Lipinski definition) is 11. The predicted molar refractivity (Wildman–Crippen MR) is 185 cm³/mol. The van der Waals surface area contributed by atoms with E-state index in [2.05, 4.69) is 25.4 Å². The maximum Gasteiger partial charge on any atom is 0.172 e. The van der Waals surface area contributed by atoms with Crippen molar-refractivity contribution >= 4 is 5.78 Å². The number of aliphatic hydroxyl groups is 1. The van der Waals surface area contributed by atoms with Crippen molar-refractivity contribution in [3.05, 3.63) is 24.3 Å².